The summed E-state index contributed by atoms with van der Waals surface area (Å²) in [7, 11) is 0. The molecule has 20 heavy (non-hydrogen) atoms. The average molecular weight is 279 g/mol. The van der Waals surface area contributed by atoms with E-state index in [2.05, 4.69) is 52.4 Å². The Morgan fingerprint density at radius 2 is 1.65 bits per heavy atom. The van der Waals surface area contributed by atoms with Gasteiger partial charge in [0.05, 0.1) is 0 Å². The van der Waals surface area contributed by atoms with Gasteiger partial charge in [0.1, 0.15) is 10.8 Å². The number of nitrogens with one attached hydrogen (secondary N) is 1. The number of H-pyrrole nitrogens is 1. The second-order valence-corrected chi connectivity index (χ2v) is 5.17. The normalized spacial score (nSPS) is 11.2. The van der Waals surface area contributed by atoms with E-state index in [1.54, 1.807) is 0 Å². The van der Waals surface area contributed by atoms with Crippen molar-refractivity contribution >= 4 is 33.5 Å². The number of hydrogen-bond donors (Lipinski definition) is 1. The molecule has 0 aliphatic rings. The van der Waals surface area contributed by atoms with Crippen molar-refractivity contribution < 1.29 is 0 Å². The molecule has 2 heterocycles. The van der Waals surface area contributed by atoms with Gasteiger partial charge in [-0.05, 0) is 35.4 Å². The molecule has 0 aliphatic heterocycles. The van der Waals surface area contributed by atoms with Gasteiger partial charge in [-0.15, -0.1) is 0 Å². The highest BCUT2D eigenvalue weighted by molar-refractivity contribution is 6.30. The van der Waals surface area contributed by atoms with Crippen molar-refractivity contribution in [1.82, 2.24) is 9.97 Å². The molecule has 2 nitrogen and oxygen atoms in total. The van der Waals surface area contributed by atoms with Crippen LogP contribution in [0.25, 0.3) is 33.1 Å². The van der Waals surface area contributed by atoms with Gasteiger partial charge in [0.25, 0.3) is 0 Å². The Balaban J connectivity index is 2.01. The molecule has 4 aromatic rings. The van der Waals surface area contributed by atoms with Crippen molar-refractivity contribution in [3.63, 3.8) is 0 Å². The van der Waals surface area contributed by atoms with Crippen LogP contribution < -0.4 is 0 Å². The van der Waals surface area contributed by atoms with Gasteiger partial charge in [0, 0.05) is 16.3 Å². The van der Waals surface area contributed by atoms with Gasteiger partial charge >= 0.3 is 0 Å². The summed E-state index contributed by atoms with van der Waals surface area (Å²) in [4.78, 5) is 7.63. The van der Waals surface area contributed by atoms with Crippen molar-refractivity contribution in [3.8, 4) is 11.1 Å². The first-order valence-corrected chi connectivity index (χ1v) is 6.82. The molecule has 0 saturated heterocycles. The van der Waals surface area contributed by atoms with Crippen molar-refractivity contribution in [2.75, 3.05) is 0 Å². The lowest BCUT2D eigenvalue weighted by Gasteiger charge is -2.01. The molecule has 0 bridgehead atoms. The summed E-state index contributed by atoms with van der Waals surface area (Å²) in [6.07, 6.45) is 0. The van der Waals surface area contributed by atoms with Crippen LogP contribution in [0.15, 0.2) is 60.7 Å². The van der Waals surface area contributed by atoms with Crippen LogP contribution in [0.4, 0.5) is 0 Å². The number of rotatable bonds is 1. The molecule has 0 aliphatic carbocycles. The molecule has 1 N–H and O–H groups in total. The number of halogens is 1. The van der Waals surface area contributed by atoms with E-state index in [1.165, 1.54) is 16.5 Å². The zero-order valence-electron chi connectivity index (χ0n) is 10.6. The number of pyridine rings is 1. The summed E-state index contributed by atoms with van der Waals surface area (Å²) in [5.41, 5.74) is 4.33. The summed E-state index contributed by atoms with van der Waals surface area (Å²) in [5.74, 6) is 0. The number of benzene rings is 2. The SMILES string of the molecule is Clc1ccc2c(n1)[nH]c1ccc(-c3ccccc3)cc12. The minimum absolute atomic E-state index is 0.507. The second-order valence-electron chi connectivity index (χ2n) is 4.78. The number of hydrogen-bond acceptors (Lipinski definition) is 1. The minimum Gasteiger partial charge on any atom is -0.339 e. The maximum absolute atomic E-state index is 5.94. The van der Waals surface area contributed by atoms with Gasteiger partial charge < -0.3 is 4.98 Å². The van der Waals surface area contributed by atoms with Crippen LogP contribution in [0.1, 0.15) is 0 Å². The Morgan fingerprint density at radius 1 is 0.800 bits per heavy atom. The highest BCUT2D eigenvalue weighted by atomic mass is 35.5. The van der Waals surface area contributed by atoms with Crippen LogP contribution in [0.5, 0.6) is 0 Å². The van der Waals surface area contributed by atoms with Crippen molar-refractivity contribution in [1.29, 1.82) is 0 Å². The van der Waals surface area contributed by atoms with Crippen molar-refractivity contribution in [2.45, 2.75) is 0 Å². The zero-order chi connectivity index (χ0) is 13.5. The van der Waals surface area contributed by atoms with Gasteiger partial charge in [-0.1, -0.05) is 48.0 Å². The van der Waals surface area contributed by atoms with Gasteiger partial charge in [0.15, 0.2) is 0 Å². The first-order chi connectivity index (χ1) is 9.81. The molecule has 4 rings (SSSR count). The highest BCUT2D eigenvalue weighted by Crippen LogP contribution is 2.29. The maximum atomic E-state index is 5.94. The number of nitrogens with zero attached hydrogens (tertiary/aromatic N) is 1. The van der Waals surface area contributed by atoms with Gasteiger partial charge in [0.2, 0.25) is 0 Å². The molecule has 0 radical (unpaired) electrons. The van der Waals surface area contributed by atoms with Crippen LogP contribution in [-0.2, 0) is 0 Å². The number of aromatic amines is 1. The third kappa shape index (κ3) is 1.77. The Kier molecular flexibility index (Phi) is 2.51. The maximum Gasteiger partial charge on any atom is 0.140 e. The minimum atomic E-state index is 0.507. The molecule has 0 amide bonds. The lowest BCUT2D eigenvalue weighted by molar-refractivity contribution is 1.35. The number of aromatic nitrogens is 2. The summed E-state index contributed by atoms with van der Waals surface area (Å²) in [6, 6.07) is 20.6. The molecular weight excluding hydrogens is 268 g/mol. The lowest BCUT2D eigenvalue weighted by atomic mass is 10.0. The Bertz CT molecular complexity index is 910. The molecule has 2 aromatic carbocycles. The van der Waals surface area contributed by atoms with E-state index in [0.29, 0.717) is 5.15 Å². The monoisotopic (exact) mass is 278 g/mol. The second kappa shape index (κ2) is 4.36. The molecule has 2 aromatic heterocycles. The fourth-order valence-electron chi connectivity index (χ4n) is 2.56. The van der Waals surface area contributed by atoms with Gasteiger partial charge in [-0.3, -0.25) is 0 Å². The standard InChI is InChI=1S/C17H11ClN2/c18-16-9-7-13-14-10-12(11-4-2-1-3-5-11)6-8-15(14)19-17(13)20-16/h1-10H,(H,19,20). The molecule has 3 heteroatoms. The largest absolute Gasteiger partial charge is 0.339 e. The third-order valence-electron chi connectivity index (χ3n) is 3.53. The number of fused-ring (bicyclic) bond motifs is 3. The topological polar surface area (TPSA) is 28.7 Å². The average Bonchev–Trinajstić information content (AvgIpc) is 2.84. The van der Waals surface area contributed by atoms with Crippen molar-refractivity contribution in [3.05, 3.63) is 65.8 Å². The Hall–Kier alpha value is -2.32. The molecule has 0 fully saturated rings. The summed E-state index contributed by atoms with van der Waals surface area (Å²) in [6.45, 7) is 0. The zero-order valence-corrected chi connectivity index (χ0v) is 11.4. The Labute approximate surface area is 121 Å². The Morgan fingerprint density at radius 3 is 2.50 bits per heavy atom. The molecule has 0 unspecified atom stereocenters. The lowest BCUT2D eigenvalue weighted by Crippen LogP contribution is -1.77. The molecule has 96 valence electrons. The molecule has 0 atom stereocenters. The van der Waals surface area contributed by atoms with E-state index in [0.717, 1.165) is 16.6 Å². The third-order valence-corrected chi connectivity index (χ3v) is 3.74. The molecule has 0 spiro atoms. The first-order valence-electron chi connectivity index (χ1n) is 6.45. The van der Waals surface area contributed by atoms with Crippen LogP contribution >= 0.6 is 11.6 Å². The summed E-state index contributed by atoms with van der Waals surface area (Å²) in [5, 5.41) is 2.78. The van der Waals surface area contributed by atoms with E-state index in [4.69, 9.17) is 11.6 Å². The molecular formula is C17H11ClN2. The van der Waals surface area contributed by atoms with Crippen LogP contribution in [0, 0.1) is 0 Å². The highest BCUT2D eigenvalue weighted by Gasteiger charge is 2.07. The fourth-order valence-corrected chi connectivity index (χ4v) is 2.71. The van der Waals surface area contributed by atoms with E-state index in [1.807, 2.05) is 18.2 Å². The fraction of sp³-hybridized carbons (Fsp3) is 0. The van der Waals surface area contributed by atoms with Crippen LogP contribution in [-0.4, -0.2) is 9.97 Å². The van der Waals surface area contributed by atoms with Crippen LogP contribution in [0.2, 0.25) is 5.15 Å². The van der Waals surface area contributed by atoms with E-state index in [-0.39, 0.29) is 0 Å². The predicted molar refractivity (Wildman–Crippen MR) is 84.0 cm³/mol. The van der Waals surface area contributed by atoms with Gasteiger partial charge in [-0.2, -0.15) is 0 Å². The quantitative estimate of drug-likeness (QED) is 0.486. The summed E-state index contributed by atoms with van der Waals surface area (Å²) < 4.78 is 0. The summed E-state index contributed by atoms with van der Waals surface area (Å²) >= 11 is 5.94. The van der Waals surface area contributed by atoms with Crippen molar-refractivity contribution in [2.24, 2.45) is 0 Å². The van der Waals surface area contributed by atoms with E-state index >= 15 is 0 Å². The van der Waals surface area contributed by atoms with Crippen LogP contribution in [0.3, 0.4) is 0 Å². The van der Waals surface area contributed by atoms with Gasteiger partial charge in [-0.25, -0.2) is 4.98 Å². The van der Waals surface area contributed by atoms with E-state index in [9.17, 15) is 0 Å². The predicted octanol–water partition coefficient (Wildman–Crippen LogP) is 5.04. The molecule has 0 saturated carbocycles. The first kappa shape index (κ1) is 11.5. The smallest absolute Gasteiger partial charge is 0.140 e. The van der Waals surface area contributed by atoms with E-state index < -0.39 is 0 Å².